The van der Waals surface area contributed by atoms with Crippen molar-refractivity contribution in [2.75, 3.05) is 5.32 Å². The number of halogens is 3. The molecule has 26 heavy (non-hydrogen) atoms. The molecule has 0 aliphatic carbocycles. The molecule has 1 amide bonds. The van der Waals surface area contributed by atoms with Crippen molar-refractivity contribution >= 4 is 21.6 Å². The predicted octanol–water partition coefficient (Wildman–Crippen LogP) is 2.89. The number of carbonyl (C=O) groups is 1. The summed E-state index contributed by atoms with van der Waals surface area (Å²) in [6.45, 7) is 1.34. The predicted molar refractivity (Wildman–Crippen MR) is 88.0 cm³/mol. The Morgan fingerprint density at radius 3 is 2.15 bits per heavy atom. The van der Waals surface area contributed by atoms with Gasteiger partial charge in [-0.25, -0.2) is 8.42 Å². The monoisotopic (exact) mass is 388 g/mol. The van der Waals surface area contributed by atoms with Gasteiger partial charge in [-0.15, -0.1) is 13.2 Å². The summed E-state index contributed by atoms with van der Waals surface area (Å²) in [7, 11) is -3.88. The molecule has 0 radical (unpaired) electrons. The van der Waals surface area contributed by atoms with Crippen LogP contribution in [0.25, 0.3) is 0 Å². The third-order valence-electron chi connectivity index (χ3n) is 3.13. The van der Waals surface area contributed by atoms with E-state index in [2.05, 4.69) is 14.8 Å². The average molecular weight is 388 g/mol. The van der Waals surface area contributed by atoms with E-state index in [0.717, 1.165) is 12.1 Å². The zero-order valence-electron chi connectivity index (χ0n) is 13.4. The van der Waals surface area contributed by atoms with Gasteiger partial charge in [0.2, 0.25) is 15.9 Å². The molecule has 0 aliphatic rings. The number of anilines is 1. The van der Waals surface area contributed by atoms with E-state index in [1.807, 2.05) is 0 Å². The van der Waals surface area contributed by atoms with Crippen LogP contribution < -0.4 is 14.8 Å². The molecule has 6 nitrogen and oxygen atoms in total. The van der Waals surface area contributed by atoms with Crippen LogP contribution in [0.2, 0.25) is 0 Å². The Bertz CT molecular complexity index is 853. The summed E-state index contributed by atoms with van der Waals surface area (Å²) in [6.07, 6.45) is -4.81. The summed E-state index contributed by atoms with van der Waals surface area (Å²) in [4.78, 5) is 12.1. The van der Waals surface area contributed by atoms with Crippen molar-refractivity contribution in [3.8, 4) is 5.75 Å². The number of sulfonamides is 1. The molecule has 0 fully saturated rings. The average Bonchev–Trinajstić information content (AvgIpc) is 2.55. The molecular weight excluding hydrogens is 373 g/mol. The number of nitrogens with one attached hydrogen (secondary N) is 2. The molecule has 140 valence electrons. The fourth-order valence-electron chi connectivity index (χ4n) is 1.94. The van der Waals surface area contributed by atoms with E-state index < -0.39 is 34.1 Å². The number of ether oxygens (including phenoxy) is 1. The van der Waals surface area contributed by atoms with Crippen molar-refractivity contribution < 1.29 is 31.1 Å². The molecule has 2 N–H and O–H groups in total. The molecule has 1 atom stereocenters. The molecule has 10 heteroatoms. The Labute approximate surface area is 148 Å². The quantitative estimate of drug-likeness (QED) is 0.797. The zero-order chi connectivity index (χ0) is 19.4. The summed E-state index contributed by atoms with van der Waals surface area (Å²) < 4.78 is 66.6. The molecule has 0 bridgehead atoms. The first kappa shape index (κ1) is 19.7. The number of carbonyl (C=O) groups excluding carboxylic acids is 1. The van der Waals surface area contributed by atoms with Gasteiger partial charge in [0.25, 0.3) is 0 Å². The van der Waals surface area contributed by atoms with E-state index >= 15 is 0 Å². The van der Waals surface area contributed by atoms with Crippen LogP contribution in [0.15, 0.2) is 59.5 Å². The maximum atomic E-state index is 12.2. The van der Waals surface area contributed by atoms with Gasteiger partial charge in [-0.05, 0) is 43.3 Å². The van der Waals surface area contributed by atoms with Gasteiger partial charge >= 0.3 is 6.36 Å². The van der Waals surface area contributed by atoms with Crippen LogP contribution >= 0.6 is 0 Å². The van der Waals surface area contributed by atoms with Gasteiger partial charge in [0.05, 0.1) is 10.9 Å². The summed E-state index contributed by atoms with van der Waals surface area (Å²) in [6, 6.07) is 10.9. The Balaban J connectivity index is 1.99. The second kappa shape index (κ2) is 7.75. The number of hydrogen-bond donors (Lipinski definition) is 2. The van der Waals surface area contributed by atoms with Gasteiger partial charge in [0, 0.05) is 5.69 Å². The lowest BCUT2D eigenvalue weighted by molar-refractivity contribution is -0.274. The van der Waals surface area contributed by atoms with Gasteiger partial charge in [-0.3, -0.25) is 4.79 Å². The minimum absolute atomic E-state index is 0.00769. The maximum absolute atomic E-state index is 12.2. The zero-order valence-corrected chi connectivity index (χ0v) is 14.3. The summed E-state index contributed by atoms with van der Waals surface area (Å²) in [5.74, 6) is -1.11. The fraction of sp³-hybridized carbons (Fsp3) is 0.188. The van der Waals surface area contributed by atoms with Crippen LogP contribution in [0.5, 0.6) is 5.75 Å². The molecule has 0 saturated carbocycles. The molecule has 0 saturated heterocycles. The topological polar surface area (TPSA) is 84.5 Å². The van der Waals surface area contributed by atoms with E-state index in [1.165, 1.54) is 31.2 Å². The molecule has 1 unspecified atom stereocenters. The Morgan fingerprint density at radius 1 is 1.04 bits per heavy atom. The standard InChI is InChI=1S/C16H15F3N2O4S/c1-11(21-26(23,24)14-5-3-2-4-6-14)15(22)20-12-7-9-13(10-8-12)25-16(17,18)19/h2-11,21H,1H3,(H,20,22). The number of benzene rings is 2. The molecule has 2 rings (SSSR count). The number of amides is 1. The first-order valence-corrected chi connectivity index (χ1v) is 8.79. The fourth-order valence-corrected chi connectivity index (χ4v) is 3.17. The minimum atomic E-state index is -4.81. The van der Waals surface area contributed by atoms with Crippen molar-refractivity contribution in [3.05, 3.63) is 54.6 Å². The van der Waals surface area contributed by atoms with Crippen molar-refractivity contribution in [2.45, 2.75) is 24.2 Å². The Morgan fingerprint density at radius 2 is 1.62 bits per heavy atom. The van der Waals surface area contributed by atoms with E-state index in [0.29, 0.717) is 0 Å². The first-order chi connectivity index (χ1) is 12.1. The third kappa shape index (κ3) is 5.74. The molecule has 0 aliphatic heterocycles. The molecular formula is C16H15F3N2O4S. The number of hydrogen-bond acceptors (Lipinski definition) is 4. The van der Waals surface area contributed by atoms with Crippen molar-refractivity contribution in [2.24, 2.45) is 0 Å². The van der Waals surface area contributed by atoms with Gasteiger partial charge in [-0.2, -0.15) is 4.72 Å². The SMILES string of the molecule is CC(NS(=O)(=O)c1ccccc1)C(=O)Nc1ccc(OC(F)(F)F)cc1. The summed E-state index contributed by atoms with van der Waals surface area (Å²) in [5.41, 5.74) is 0.190. The van der Waals surface area contributed by atoms with Crippen molar-refractivity contribution in [1.82, 2.24) is 4.72 Å². The lowest BCUT2D eigenvalue weighted by Crippen LogP contribution is -2.41. The third-order valence-corrected chi connectivity index (χ3v) is 4.69. The highest BCUT2D eigenvalue weighted by Crippen LogP contribution is 2.24. The Kier molecular flexibility index (Phi) is 5.88. The molecule has 0 heterocycles. The smallest absolute Gasteiger partial charge is 0.406 e. The van der Waals surface area contributed by atoms with E-state index in [4.69, 9.17) is 0 Å². The largest absolute Gasteiger partial charge is 0.573 e. The van der Waals surface area contributed by atoms with Crippen LogP contribution in [-0.2, 0) is 14.8 Å². The summed E-state index contributed by atoms with van der Waals surface area (Å²) in [5, 5.41) is 2.40. The van der Waals surface area contributed by atoms with Crippen molar-refractivity contribution in [3.63, 3.8) is 0 Å². The number of rotatable bonds is 6. The molecule has 2 aromatic carbocycles. The normalized spacial score (nSPS) is 13.1. The van der Waals surface area contributed by atoms with Gasteiger partial charge in [0.1, 0.15) is 5.75 Å². The lowest BCUT2D eigenvalue weighted by atomic mass is 10.2. The van der Waals surface area contributed by atoms with Gasteiger partial charge in [-0.1, -0.05) is 18.2 Å². The highest BCUT2D eigenvalue weighted by atomic mass is 32.2. The van der Waals surface area contributed by atoms with Gasteiger partial charge in [0.15, 0.2) is 0 Å². The van der Waals surface area contributed by atoms with Gasteiger partial charge < -0.3 is 10.1 Å². The van der Waals surface area contributed by atoms with Crippen LogP contribution in [0.1, 0.15) is 6.92 Å². The van der Waals surface area contributed by atoms with Crippen molar-refractivity contribution in [1.29, 1.82) is 0 Å². The maximum Gasteiger partial charge on any atom is 0.573 e. The van der Waals surface area contributed by atoms with E-state index in [1.54, 1.807) is 18.2 Å². The minimum Gasteiger partial charge on any atom is -0.406 e. The van der Waals surface area contributed by atoms with E-state index in [9.17, 15) is 26.4 Å². The van der Waals surface area contributed by atoms with Crippen LogP contribution in [0.3, 0.4) is 0 Å². The molecule has 0 aromatic heterocycles. The lowest BCUT2D eigenvalue weighted by Gasteiger charge is -2.15. The van der Waals surface area contributed by atoms with Crippen LogP contribution in [0.4, 0.5) is 18.9 Å². The second-order valence-electron chi connectivity index (χ2n) is 5.22. The first-order valence-electron chi connectivity index (χ1n) is 7.31. The highest BCUT2D eigenvalue weighted by molar-refractivity contribution is 7.89. The Hall–Kier alpha value is -2.59. The molecule has 2 aromatic rings. The highest BCUT2D eigenvalue weighted by Gasteiger charge is 2.31. The van der Waals surface area contributed by atoms with Crippen LogP contribution in [-0.4, -0.2) is 26.7 Å². The second-order valence-corrected chi connectivity index (χ2v) is 6.93. The summed E-state index contributed by atoms with van der Waals surface area (Å²) >= 11 is 0. The van der Waals surface area contributed by atoms with E-state index in [-0.39, 0.29) is 10.6 Å². The molecule has 0 spiro atoms. The number of alkyl halides is 3. The van der Waals surface area contributed by atoms with Crippen LogP contribution in [0, 0.1) is 0 Å².